The summed E-state index contributed by atoms with van der Waals surface area (Å²) in [4.78, 5) is 0. The fourth-order valence-corrected chi connectivity index (χ4v) is 1.15. The van der Waals surface area contributed by atoms with Crippen LogP contribution in [0.3, 0.4) is 0 Å². The Hall–Kier alpha value is -1.66. The van der Waals surface area contributed by atoms with Crippen LogP contribution in [0, 0.1) is 11.8 Å². The average Bonchev–Trinajstić information content (AvgIpc) is 2.29. The summed E-state index contributed by atoms with van der Waals surface area (Å²) in [6.07, 6.45) is 0. The molecule has 0 saturated heterocycles. The Morgan fingerprint density at radius 3 is 2.53 bits per heavy atom. The van der Waals surface area contributed by atoms with E-state index < -0.39 is 0 Å². The van der Waals surface area contributed by atoms with Crippen LogP contribution < -0.4 is 14.8 Å². The van der Waals surface area contributed by atoms with E-state index in [4.69, 9.17) is 9.47 Å². The highest BCUT2D eigenvalue weighted by molar-refractivity contribution is 5.48. The first-order chi connectivity index (χ1) is 7.31. The highest BCUT2D eigenvalue weighted by Crippen LogP contribution is 2.26. The van der Waals surface area contributed by atoms with Crippen molar-refractivity contribution < 1.29 is 9.47 Å². The van der Waals surface area contributed by atoms with E-state index in [2.05, 4.69) is 17.2 Å². The summed E-state index contributed by atoms with van der Waals surface area (Å²) in [5.41, 5.74) is 0.919. The minimum Gasteiger partial charge on any atom is -0.493 e. The zero-order chi connectivity index (χ0) is 11.1. The molecule has 1 aromatic rings. The first-order valence-corrected chi connectivity index (χ1v) is 4.67. The van der Waals surface area contributed by atoms with Crippen molar-refractivity contribution in [2.45, 2.75) is 0 Å². The van der Waals surface area contributed by atoms with Crippen LogP contribution in [0.2, 0.25) is 0 Å². The van der Waals surface area contributed by atoms with Crippen molar-refractivity contribution in [2.75, 3.05) is 27.8 Å². The van der Waals surface area contributed by atoms with Crippen molar-refractivity contribution >= 4 is 0 Å². The highest BCUT2D eigenvalue weighted by atomic mass is 16.5. The molecule has 0 bridgehead atoms. The molecule has 15 heavy (non-hydrogen) atoms. The first kappa shape index (κ1) is 11.4. The van der Waals surface area contributed by atoms with E-state index >= 15 is 0 Å². The van der Waals surface area contributed by atoms with Gasteiger partial charge < -0.3 is 14.8 Å². The van der Waals surface area contributed by atoms with Gasteiger partial charge in [-0.05, 0) is 25.2 Å². The van der Waals surface area contributed by atoms with E-state index in [1.165, 1.54) is 0 Å². The number of hydrogen-bond acceptors (Lipinski definition) is 3. The summed E-state index contributed by atoms with van der Waals surface area (Å²) < 4.78 is 10.3. The molecule has 0 aliphatic carbocycles. The summed E-state index contributed by atoms with van der Waals surface area (Å²) in [5.74, 6) is 7.43. The van der Waals surface area contributed by atoms with Gasteiger partial charge in [0, 0.05) is 5.56 Å². The number of methoxy groups -OCH3 is 2. The molecule has 1 N–H and O–H groups in total. The minimum absolute atomic E-state index is 0.675. The van der Waals surface area contributed by atoms with Crippen LogP contribution in [0.15, 0.2) is 18.2 Å². The number of ether oxygens (including phenoxy) is 2. The topological polar surface area (TPSA) is 30.5 Å². The second kappa shape index (κ2) is 5.94. The van der Waals surface area contributed by atoms with Crippen LogP contribution in [0.4, 0.5) is 0 Å². The Bertz CT molecular complexity index is 377. The van der Waals surface area contributed by atoms with Gasteiger partial charge in [0.1, 0.15) is 0 Å². The molecule has 0 spiro atoms. The van der Waals surface area contributed by atoms with Gasteiger partial charge in [-0.2, -0.15) is 0 Å². The third-order valence-corrected chi connectivity index (χ3v) is 1.88. The van der Waals surface area contributed by atoms with Crippen LogP contribution in [0.5, 0.6) is 11.5 Å². The van der Waals surface area contributed by atoms with Gasteiger partial charge in [-0.25, -0.2) is 0 Å². The van der Waals surface area contributed by atoms with E-state index in [1.807, 2.05) is 25.2 Å². The third kappa shape index (κ3) is 3.19. The zero-order valence-corrected chi connectivity index (χ0v) is 9.26. The molecule has 0 aliphatic rings. The van der Waals surface area contributed by atoms with E-state index in [9.17, 15) is 0 Å². The molecule has 1 aromatic carbocycles. The number of rotatable bonds is 3. The van der Waals surface area contributed by atoms with Crippen LogP contribution in [0.25, 0.3) is 0 Å². The lowest BCUT2D eigenvalue weighted by atomic mass is 10.2. The molecule has 0 aromatic heterocycles. The molecular weight excluding hydrogens is 190 g/mol. The lowest BCUT2D eigenvalue weighted by molar-refractivity contribution is 0.355. The summed E-state index contributed by atoms with van der Waals surface area (Å²) in [7, 11) is 5.09. The van der Waals surface area contributed by atoms with Gasteiger partial charge in [0.15, 0.2) is 11.5 Å². The van der Waals surface area contributed by atoms with E-state index in [-0.39, 0.29) is 0 Å². The van der Waals surface area contributed by atoms with Crippen LogP contribution in [-0.4, -0.2) is 27.8 Å². The van der Waals surface area contributed by atoms with Gasteiger partial charge in [-0.15, -0.1) is 0 Å². The number of benzene rings is 1. The quantitative estimate of drug-likeness (QED) is 0.754. The molecular formula is C12H15NO2. The molecule has 3 heteroatoms. The van der Waals surface area contributed by atoms with Crippen molar-refractivity contribution in [2.24, 2.45) is 0 Å². The zero-order valence-electron chi connectivity index (χ0n) is 9.26. The van der Waals surface area contributed by atoms with Crippen LogP contribution in [-0.2, 0) is 0 Å². The van der Waals surface area contributed by atoms with Gasteiger partial charge in [0.25, 0.3) is 0 Å². The average molecular weight is 205 g/mol. The monoisotopic (exact) mass is 205 g/mol. The predicted octanol–water partition coefficient (Wildman–Crippen LogP) is 1.27. The molecule has 3 nitrogen and oxygen atoms in total. The third-order valence-electron chi connectivity index (χ3n) is 1.88. The SMILES string of the molecule is CNCC#Cc1ccc(OC)c(OC)c1. The second-order valence-corrected chi connectivity index (χ2v) is 2.90. The van der Waals surface area contributed by atoms with Gasteiger partial charge in [-0.1, -0.05) is 11.8 Å². The van der Waals surface area contributed by atoms with Gasteiger partial charge in [-0.3, -0.25) is 0 Å². The maximum Gasteiger partial charge on any atom is 0.161 e. The Balaban J connectivity index is 2.89. The van der Waals surface area contributed by atoms with Gasteiger partial charge in [0.05, 0.1) is 20.8 Å². The van der Waals surface area contributed by atoms with Crippen molar-refractivity contribution in [3.05, 3.63) is 23.8 Å². The molecule has 0 unspecified atom stereocenters. The maximum absolute atomic E-state index is 5.17. The Kier molecular flexibility index (Phi) is 4.52. The Morgan fingerprint density at radius 2 is 1.93 bits per heavy atom. The van der Waals surface area contributed by atoms with Crippen LogP contribution >= 0.6 is 0 Å². The van der Waals surface area contributed by atoms with E-state index in [1.54, 1.807) is 14.2 Å². The molecule has 0 saturated carbocycles. The Labute approximate surface area is 90.4 Å². The molecule has 1 rings (SSSR count). The lowest BCUT2D eigenvalue weighted by Gasteiger charge is -2.06. The maximum atomic E-state index is 5.17. The molecule has 80 valence electrons. The predicted molar refractivity (Wildman–Crippen MR) is 60.4 cm³/mol. The largest absolute Gasteiger partial charge is 0.493 e. The Morgan fingerprint density at radius 1 is 1.20 bits per heavy atom. The van der Waals surface area contributed by atoms with Crippen molar-refractivity contribution in [1.82, 2.24) is 5.32 Å². The van der Waals surface area contributed by atoms with E-state index in [0.717, 1.165) is 11.3 Å². The standard InChI is InChI=1S/C12H15NO2/c1-13-8-4-5-10-6-7-11(14-2)12(9-10)15-3/h6-7,9,13H,8H2,1-3H3. The normalized spacial score (nSPS) is 9.00. The minimum atomic E-state index is 0.675. The molecule has 0 amide bonds. The van der Waals surface area contributed by atoms with Crippen LogP contribution in [0.1, 0.15) is 5.56 Å². The fraction of sp³-hybridized carbons (Fsp3) is 0.333. The van der Waals surface area contributed by atoms with Crippen molar-refractivity contribution in [3.8, 4) is 23.3 Å². The molecule has 0 atom stereocenters. The molecule has 0 radical (unpaired) electrons. The molecule has 0 heterocycles. The lowest BCUT2D eigenvalue weighted by Crippen LogP contribution is -2.04. The van der Waals surface area contributed by atoms with Crippen molar-refractivity contribution in [1.29, 1.82) is 0 Å². The second-order valence-electron chi connectivity index (χ2n) is 2.90. The highest BCUT2D eigenvalue weighted by Gasteiger charge is 2.02. The van der Waals surface area contributed by atoms with Gasteiger partial charge in [0.2, 0.25) is 0 Å². The first-order valence-electron chi connectivity index (χ1n) is 4.67. The smallest absolute Gasteiger partial charge is 0.161 e. The number of nitrogens with one attached hydrogen (secondary N) is 1. The van der Waals surface area contributed by atoms with Crippen molar-refractivity contribution in [3.63, 3.8) is 0 Å². The van der Waals surface area contributed by atoms with Gasteiger partial charge >= 0.3 is 0 Å². The summed E-state index contributed by atoms with van der Waals surface area (Å²) in [6, 6.07) is 5.62. The molecule has 0 aliphatic heterocycles. The molecule has 0 fully saturated rings. The fourth-order valence-electron chi connectivity index (χ4n) is 1.15. The summed E-state index contributed by atoms with van der Waals surface area (Å²) in [6.45, 7) is 0.675. The van der Waals surface area contributed by atoms with E-state index in [0.29, 0.717) is 12.3 Å². The summed E-state index contributed by atoms with van der Waals surface area (Å²) in [5, 5.41) is 2.96. The number of hydrogen-bond donors (Lipinski definition) is 1. The summed E-state index contributed by atoms with van der Waals surface area (Å²) >= 11 is 0.